The number of aromatic nitrogens is 3. The van der Waals surface area contributed by atoms with Crippen molar-refractivity contribution in [3.8, 4) is 6.01 Å². The molecule has 0 N–H and O–H groups in total. The van der Waals surface area contributed by atoms with Gasteiger partial charge in [0.2, 0.25) is 0 Å². The third-order valence-electron chi connectivity index (χ3n) is 1.69. The molecule has 1 heterocycles. The lowest BCUT2D eigenvalue weighted by Crippen LogP contribution is -2.12. The topological polar surface area (TPSA) is 83.3 Å². The van der Waals surface area contributed by atoms with Gasteiger partial charge in [-0.3, -0.25) is 4.57 Å². The van der Waals surface area contributed by atoms with E-state index < -0.39 is 9.05 Å². The van der Waals surface area contributed by atoms with Gasteiger partial charge in [-0.1, -0.05) is 5.10 Å². The van der Waals surface area contributed by atoms with Crippen molar-refractivity contribution >= 4 is 19.7 Å². The minimum absolute atomic E-state index is 0.110. The minimum atomic E-state index is -3.94. The Morgan fingerprint density at radius 1 is 1.44 bits per heavy atom. The van der Waals surface area contributed by atoms with Gasteiger partial charge < -0.3 is 9.47 Å². The maximum Gasteiger partial charge on any atom is 0.317 e. The van der Waals surface area contributed by atoms with E-state index in [-0.39, 0.29) is 17.7 Å². The van der Waals surface area contributed by atoms with Gasteiger partial charge in [0.15, 0.2) is 0 Å². The van der Waals surface area contributed by atoms with Crippen molar-refractivity contribution in [2.45, 2.75) is 18.6 Å². The molecule has 0 spiro atoms. The number of ether oxygens (including phenoxy) is 2. The van der Waals surface area contributed by atoms with Crippen LogP contribution >= 0.6 is 10.7 Å². The van der Waals surface area contributed by atoms with Gasteiger partial charge in [-0.25, -0.2) is 8.42 Å². The van der Waals surface area contributed by atoms with E-state index in [1.807, 2.05) is 0 Å². The molecule has 16 heavy (non-hydrogen) atoms. The number of hydrogen-bond donors (Lipinski definition) is 0. The van der Waals surface area contributed by atoms with E-state index in [9.17, 15) is 8.42 Å². The average molecular weight is 270 g/mol. The molecule has 0 aliphatic carbocycles. The summed E-state index contributed by atoms with van der Waals surface area (Å²) in [6.07, 6.45) is 0. The van der Waals surface area contributed by atoms with Crippen molar-refractivity contribution in [3.05, 3.63) is 0 Å². The predicted molar refractivity (Wildman–Crippen MR) is 56.1 cm³/mol. The molecule has 0 unspecified atom stereocenters. The molecule has 0 atom stereocenters. The molecule has 0 aliphatic rings. The molecular formula is C7H12ClN3O4S. The second kappa shape index (κ2) is 5.46. The lowest BCUT2D eigenvalue weighted by Gasteiger charge is -2.07. The zero-order valence-electron chi connectivity index (χ0n) is 8.88. The first-order chi connectivity index (χ1) is 7.50. The number of halogens is 1. The van der Waals surface area contributed by atoms with E-state index in [1.165, 1.54) is 11.7 Å². The fraction of sp³-hybridized carbons (Fsp3) is 0.714. The highest BCUT2D eigenvalue weighted by atomic mass is 35.7. The van der Waals surface area contributed by atoms with Crippen molar-refractivity contribution in [1.82, 2.24) is 14.8 Å². The van der Waals surface area contributed by atoms with Gasteiger partial charge in [-0.2, -0.15) is 0 Å². The van der Waals surface area contributed by atoms with Gasteiger partial charge in [-0.15, -0.1) is 5.10 Å². The summed E-state index contributed by atoms with van der Waals surface area (Å²) in [6, 6.07) is 0.110. The maximum absolute atomic E-state index is 11.2. The number of nitrogens with zero attached hydrogens (tertiary/aromatic N) is 3. The Morgan fingerprint density at radius 3 is 2.62 bits per heavy atom. The molecule has 0 aliphatic heterocycles. The van der Waals surface area contributed by atoms with Crippen LogP contribution < -0.4 is 4.74 Å². The van der Waals surface area contributed by atoms with Gasteiger partial charge >= 0.3 is 6.01 Å². The Balaban J connectivity index is 3.09. The number of rotatable bonds is 6. The monoisotopic (exact) mass is 269 g/mol. The molecule has 0 radical (unpaired) electrons. The summed E-state index contributed by atoms with van der Waals surface area (Å²) < 4.78 is 33.6. The Bertz CT molecular complexity index is 444. The van der Waals surface area contributed by atoms with Crippen LogP contribution in [0.25, 0.3) is 0 Å². The van der Waals surface area contributed by atoms with Crippen LogP contribution in [0.15, 0.2) is 5.16 Å². The fourth-order valence-electron chi connectivity index (χ4n) is 1.07. The van der Waals surface area contributed by atoms with Crippen LogP contribution in [0.2, 0.25) is 0 Å². The molecule has 7 nitrogen and oxygen atoms in total. The normalized spacial score (nSPS) is 11.7. The van der Waals surface area contributed by atoms with Gasteiger partial charge in [0.25, 0.3) is 14.2 Å². The summed E-state index contributed by atoms with van der Waals surface area (Å²) in [5.74, 6) is 0. The van der Waals surface area contributed by atoms with Crippen LogP contribution in [0.5, 0.6) is 6.01 Å². The Labute approximate surface area is 97.7 Å². The van der Waals surface area contributed by atoms with Crippen LogP contribution in [0.1, 0.15) is 6.92 Å². The van der Waals surface area contributed by atoms with Crippen LogP contribution in [0.4, 0.5) is 0 Å². The van der Waals surface area contributed by atoms with E-state index in [2.05, 4.69) is 10.2 Å². The van der Waals surface area contributed by atoms with Crippen molar-refractivity contribution in [2.24, 2.45) is 0 Å². The molecule has 0 saturated heterocycles. The fourth-order valence-corrected chi connectivity index (χ4v) is 1.98. The van der Waals surface area contributed by atoms with Gasteiger partial charge in [-0.05, 0) is 6.92 Å². The van der Waals surface area contributed by atoms with Crippen LogP contribution in [-0.4, -0.2) is 43.5 Å². The Kier molecular flexibility index (Phi) is 4.51. The highest BCUT2D eigenvalue weighted by molar-refractivity contribution is 8.13. The van der Waals surface area contributed by atoms with Crippen molar-refractivity contribution in [1.29, 1.82) is 0 Å². The molecule has 92 valence electrons. The summed E-state index contributed by atoms with van der Waals surface area (Å²) in [7, 11) is 2.77. The molecule has 0 aromatic carbocycles. The average Bonchev–Trinajstić information content (AvgIpc) is 2.58. The molecule has 1 aromatic rings. The Morgan fingerprint density at radius 2 is 2.12 bits per heavy atom. The van der Waals surface area contributed by atoms with Crippen molar-refractivity contribution < 1.29 is 17.9 Å². The van der Waals surface area contributed by atoms with Crippen LogP contribution in [-0.2, 0) is 20.3 Å². The minimum Gasteiger partial charge on any atom is -0.464 e. The third kappa shape index (κ3) is 3.06. The molecule has 0 fully saturated rings. The second-order valence-electron chi connectivity index (χ2n) is 2.78. The number of hydrogen-bond acceptors (Lipinski definition) is 6. The summed E-state index contributed by atoms with van der Waals surface area (Å²) in [4.78, 5) is 0. The third-order valence-corrected chi connectivity index (χ3v) is 2.85. The summed E-state index contributed by atoms with van der Waals surface area (Å²) in [6.45, 7) is 2.66. The van der Waals surface area contributed by atoms with Gasteiger partial charge in [0, 0.05) is 17.8 Å². The largest absolute Gasteiger partial charge is 0.464 e. The van der Waals surface area contributed by atoms with Gasteiger partial charge in [0.1, 0.15) is 0 Å². The molecule has 1 rings (SSSR count). The SMILES string of the molecule is CCOc1nnc(S(=O)(=O)Cl)n1CCOC. The molecular weight excluding hydrogens is 258 g/mol. The quantitative estimate of drug-likeness (QED) is 0.689. The highest BCUT2D eigenvalue weighted by Crippen LogP contribution is 2.18. The first-order valence-electron chi connectivity index (χ1n) is 4.50. The van der Waals surface area contributed by atoms with E-state index in [1.54, 1.807) is 6.92 Å². The molecule has 9 heteroatoms. The molecule has 0 saturated carbocycles. The molecule has 1 aromatic heterocycles. The van der Waals surface area contributed by atoms with Gasteiger partial charge in [0.05, 0.1) is 19.8 Å². The molecule has 0 bridgehead atoms. The smallest absolute Gasteiger partial charge is 0.317 e. The Hall–Kier alpha value is -0.860. The zero-order chi connectivity index (χ0) is 12.2. The van der Waals surface area contributed by atoms with E-state index >= 15 is 0 Å². The maximum atomic E-state index is 11.2. The predicted octanol–water partition coefficient (Wildman–Crippen LogP) is 0.251. The second-order valence-corrected chi connectivity index (χ2v) is 5.24. The first-order valence-corrected chi connectivity index (χ1v) is 6.81. The first kappa shape index (κ1) is 13.2. The van der Waals surface area contributed by atoms with Crippen LogP contribution in [0.3, 0.4) is 0 Å². The van der Waals surface area contributed by atoms with Crippen molar-refractivity contribution in [2.75, 3.05) is 20.3 Å². The summed E-state index contributed by atoms with van der Waals surface area (Å²) >= 11 is 0. The van der Waals surface area contributed by atoms with E-state index in [0.29, 0.717) is 13.2 Å². The molecule has 0 amide bonds. The lowest BCUT2D eigenvalue weighted by atomic mass is 10.7. The lowest BCUT2D eigenvalue weighted by molar-refractivity contribution is 0.177. The highest BCUT2D eigenvalue weighted by Gasteiger charge is 2.23. The van der Waals surface area contributed by atoms with E-state index in [0.717, 1.165) is 0 Å². The zero-order valence-corrected chi connectivity index (χ0v) is 10.5. The van der Waals surface area contributed by atoms with E-state index in [4.69, 9.17) is 20.2 Å². The van der Waals surface area contributed by atoms with Crippen molar-refractivity contribution in [3.63, 3.8) is 0 Å². The standard InChI is InChI=1S/C7H12ClN3O4S/c1-3-15-6-9-10-7(16(8,12)13)11(6)4-5-14-2/h3-5H2,1-2H3. The van der Waals surface area contributed by atoms with Crippen LogP contribution in [0, 0.1) is 0 Å². The number of methoxy groups -OCH3 is 1. The summed E-state index contributed by atoms with van der Waals surface area (Å²) in [5.41, 5.74) is 0. The summed E-state index contributed by atoms with van der Waals surface area (Å²) in [5, 5.41) is 6.73.